The molecule has 0 spiro atoms. The molecule has 2 aromatic carbocycles. The highest BCUT2D eigenvalue weighted by molar-refractivity contribution is 6.04. The van der Waals surface area contributed by atoms with Crippen molar-refractivity contribution in [2.75, 3.05) is 17.7 Å². The maximum Gasteiger partial charge on any atom is 0.337 e. The summed E-state index contributed by atoms with van der Waals surface area (Å²) < 4.78 is 4.69. The Morgan fingerprint density at radius 2 is 1.69 bits per heavy atom. The van der Waals surface area contributed by atoms with Crippen LogP contribution in [-0.2, 0) is 4.74 Å². The number of benzene rings is 2. The van der Waals surface area contributed by atoms with Gasteiger partial charge in [0.2, 0.25) is 0 Å². The molecule has 0 aliphatic heterocycles. The van der Waals surface area contributed by atoms with E-state index < -0.39 is 5.97 Å². The molecule has 0 saturated heterocycles. The van der Waals surface area contributed by atoms with E-state index in [1.807, 2.05) is 12.1 Å². The summed E-state index contributed by atoms with van der Waals surface area (Å²) in [5, 5.41) is 5.97. The van der Waals surface area contributed by atoms with Crippen LogP contribution in [0.4, 0.5) is 17.2 Å². The van der Waals surface area contributed by atoms with E-state index in [4.69, 9.17) is 4.74 Å². The van der Waals surface area contributed by atoms with E-state index in [0.29, 0.717) is 28.6 Å². The van der Waals surface area contributed by atoms with Gasteiger partial charge in [-0.05, 0) is 53.9 Å². The first-order chi connectivity index (χ1) is 14.0. The molecule has 0 atom stereocenters. The van der Waals surface area contributed by atoms with Crippen molar-refractivity contribution >= 4 is 29.1 Å². The summed E-state index contributed by atoms with van der Waals surface area (Å²) in [6, 6.07) is 18.2. The number of aromatic nitrogens is 1. The largest absolute Gasteiger partial charge is 0.465 e. The molecule has 0 aliphatic carbocycles. The van der Waals surface area contributed by atoms with Gasteiger partial charge in [0.15, 0.2) is 0 Å². The van der Waals surface area contributed by atoms with Crippen LogP contribution in [0, 0.1) is 0 Å². The Balaban J connectivity index is 1.65. The predicted molar refractivity (Wildman–Crippen MR) is 114 cm³/mol. The van der Waals surface area contributed by atoms with Crippen LogP contribution in [0.2, 0.25) is 0 Å². The van der Waals surface area contributed by atoms with E-state index in [0.717, 1.165) is 5.69 Å². The van der Waals surface area contributed by atoms with E-state index in [2.05, 4.69) is 41.6 Å². The van der Waals surface area contributed by atoms with Gasteiger partial charge >= 0.3 is 5.97 Å². The molecule has 1 aromatic heterocycles. The number of pyridine rings is 1. The quantitative estimate of drug-likeness (QED) is 0.581. The van der Waals surface area contributed by atoms with Gasteiger partial charge in [0.1, 0.15) is 5.82 Å². The zero-order chi connectivity index (χ0) is 20.8. The Morgan fingerprint density at radius 3 is 2.31 bits per heavy atom. The second-order valence-corrected chi connectivity index (χ2v) is 6.86. The lowest BCUT2D eigenvalue weighted by Gasteiger charge is -2.10. The highest BCUT2D eigenvalue weighted by Crippen LogP contribution is 2.20. The van der Waals surface area contributed by atoms with Gasteiger partial charge in [0.05, 0.1) is 18.2 Å². The Morgan fingerprint density at radius 1 is 0.931 bits per heavy atom. The Bertz CT molecular complexity index is 997. The molecule has 6 nitrogen and oxygen atoms in total. The minimum atomic E-state index is -0.459. The summed E-state index contributed by atoms with van der Waals surface area (Å²) in [5.74, 6) is 0.354. The fraction of sp³-hybridized carbons (Fsp3) is 0.174. The molecule has 0 unspecified atom stereocenters. The third-order valence-electron chi connectivity index (χ3n) is 4.42. The number of carbonyl (C=O) groups excluding carboxylic acids is 2. The minimum absolute atomic E-state index is 0.313. The Labute approximate surface area is 169 Å². The van der Waals surface area contributed by atoms with Crippen LogP contribution in [0.3, 0.4) is 0 Å². The van der Waals surface area contributed by atoms with Crippen LogP contribution in [0.25, 0.3) is 0 Å². The van der Waals surface area contributed by atoms with Gasteiger partial charge < -0.3 is 15.4 Å². The van der Waals surface area contributed by atoms with E-state index in [1.54, 1.807) is 36.4 Å². The molecular weight excluding hydrogens is 366 g/mol. The number of anilines is 3. The first-order valence-corrected chi connectivity index (χ1v) is 9.29. The number of hydrogen-bond acceptors (Lipinski definition) is 5. The van der Waals surface area contributed by atoms with Crippen molar-refractivity contribution in [1.82, 2.24) is 4.98 Å². The lowest BCUT2D eigenvalue weighted by Crippen LogP contribution is -2.13. The van der Waals surface area contributed by atoms with Gasteiger partial charge in [-0.25, -0.2) is 9.78 Å². The van der Waals surface area contributed by atoms with Crippen LogP contribution in [-0.4, -0.2) is 24.0 Å². The van der Waals surface area contributed by atoms with Gasteiger partial charge in [-0.15, -0.1) is 0 Å². The summed E-state index contributed by atoms with van der Waals surface area (Å²) in [6.07, 6.45) is 1.50. The predicted octanol–water partition coefficient (Wildman–Crippen LogP) is 4.99. The number of amides is 1. The van der Waals surface area contributed by atoms with E-state index >= 15 is 0 Å². The third-order valence-corrected chi connectivity index (χ3v) is 4.42. The number of nitrogens with one attached hydrogen (secondary N) is 2. The van der Waals surface area contributed by atoms with Crippen molar-refractivity contribution in [2.45, 2.75) is 19.8 Å². The van der Waals surface area contributed by atoms with E-state index in [-0.39, 0.29) is 5.91 Å². The Hall–Kier alpha value is -3.67. The maximum atomic E-state index is 12.4. The molecule has 0 aliphatic rings. The highest BCUT2D eigenvalue weighted by Gasteiger charge is 2.10. The van der Waals surface area contributed by atoms with Crippen molar-refractivity contribution in [2.24, 2.45) is 0 Å². The number of methoxy groups -OCH3 is 1. The minimum Gasteiger partial charge on any atom is -0.465 e. The summed E-state index contributed by atoms with van der Waals surface area (Å²) in [7, 11) is 1.31. The fourth-order valence-electron chi connectivity index (χ4n) is 2.75. The summed E-state index contributed by atoms with van der Waals surface area (Å²) >= 11 is 0. The van der Waals surface area contributed by atoms with Gasteiger partial charge in [-0.2, -0.15) is 0 Å². The monoisotopic (exact) mass is 389 g/mol. The van der Waals surface area contributed by atoms with Gasteiger partial charge in [0.25, 0.3) is 5.91 Å². The summed E-state index contributed by atoms with van der Waals surface area (Å²) in [6.45, 7) is 4.30. The van der Waals surface area contributed by atoms with Gasteiger partial charge in [-0.1, -0.05) is 32.0 Å². The number of hydrogen-bond donors (Lipinski definition) is 2. The second kappa shape index (κ2) is 9.01. The van der Waals surface area contributed by atoms with E-state index in [9.17, 15) is 9.59 Å². The third kappa shape index (κ3) is 5.19. The average molecular weight is 389 g/mol. The van der Waals surface area contributed by atoms with Crippen molar-refractivity contribution < 1.29 is 14.3 Å². The first-order valence-electron chi connectivity index (χ1n) is 9.29. The van der Waals surface area contributed by atoms with Crippen LogP contribution in [0.1, 0.15) is 46.0 Å². The molecule has 0 fully saturated rings. The molecule has 2 N–H and O–H groups in total. The number of ether oxygens (including phenoxy) is 1. The molecule has 3 aromatic rings. The molecule has 0 saturated carbocycles. The molecule has 1 amide bonds. The lowest BCUT2D eigenvalue weighted by atomic mass is 10.0. The van der Waals surface area contributed by atoms with E-state index in [1.165, 1.54) is 18.9 Å². The molecule has 0 radical (unpaired) electrons. The average Bonchev–Trinajstić information content (AvgIpc) is 2.74. The Kier molecular flexibility index (Phi) is 6.24. The number of rotatable bonds is 6. The van der Waals surface area contributed by atoms with Crippen molar-refractivity contribution in [3.05, 3.63) is 83.6 Å². The number of esters is 1. The lowest BCUT2D eigenvalue weighted by molar-refractivity contribution is 0.0600. The van der Waals surface area contributed by atoms with Crippen molar-refractivity contribution in [3.8, 4) is 0 Å². The van der Waals surface area contributed by atoms with Crippen LogP contribution in [0.15, 0.2) is 66.9 Å². The molecule has 3 rings (SSSR count). The molecule has 29 heavy (non-hydrogen) atoms. The van der Waals surface area contributed by atoms with Crippen molar-refractivity contribution in [1.29, 1.82) is 0 Å². The van der Waals surface area contributed by atoms with Crippen LogP contribution >= 0.6 is 0 Å². The van der Waals surface area contributed by atoms with Crippen LogP contribution in [0.5, 0.6) is 0 Å². The maximum absolute atomic E-state index is 12.4. The van der Waals surface area contributed by atoms with Crippen molar-refractivity contribution in [3.63, 3.8) is 0 Å². The zero-order valence-electron chi connectivity index (χ0n) is 16.6. The summed E-state index contributed by atoms with van der Waals surface area (Å²) in [4.78, 5) is 28.4. The second-order valence-electron chi connectivity index (χ2n) is 6.86. The highest BCUT2D eigenvalue weighted by atomic mass is 16.5. The molecule has 0 bridgehead atoms. The fourth-order valence-corrected chi connectivity index (χ4v) is 2.75. The zero-order valence-corrected chi connectivity index (χ0v) is 16.6. The van der Waals surface area contributed by atoms with Gasteiger partial charge in [0, 0.05) is 17.6 Å². The standard InChI is InChI=1S/C23H23N3O3/c1-15(2)16-7-10-19(11-8-16)25-21-12-9-18(14-24-21)22(27)26-20-6-4-5-17(13-20)23(28)29-3/h4-15H,1-3H3,(H,24,25)(H,26,27). The number of carbonyl (C=O) groups is 2. The normalized spacial score (nSPS) is 10.5. The molecule has 6 heteroatoms. The molecule has 148 valence electrons. The van der Waals surface area contributed by atoms with Crippen LogP contribution < -0.4 is 10.6 Å². The topological polar surface area (TPSA) is 80.3 Å². The smallest absolute Gasteiger partial charge is 0.337 e. The number of nitrogens with zero attached hydrogens (tertiary/aromatic N) is 1. The summed E-state index contributed by atoms with van der Waals surface area (Å²) in [5.41, 5.74) is 3.48. The van der Waals surface area contributed by atoms with Gasteiger partial charge in [-0.3, -0.25) is 4.79 Å². The molecular formula is C23H23N3O3. The molecule has 1 heterocycles. The SMILES string of the molecule is COC(=O)c1cccc(NC(=O)c2ccc(Nc3ccc(C(C)C)cc3)nc2)c1. The first kappa shape index (κ1) is 20.1.